The Bertz CT molecular complexity index is 1110. The Hall–Kier alpha value is -3.00. The number of hydrogen-bond donors (Lipinski definition) is 3. The second-order valence-corrected chi connectivity index (χ2v) is 7.78. The molecule has 1 amide bonds. The smallest absolute Gasteiger partial charge is 0.255 e. The molecule has 0 unspecified atom stereocenters. The monoisotopic (exact) mass is 445 g/mol. The number of benzene rings is 1. The Labute approximate surface area is 185 Å². The molecular weight excluding hydrogens is 421 g/mol. The number of H-pyrrole nitrogens is 1. The lowest BCUT2D eigenvalue weighted by atomic mass is 10.1. The molecule has 9 heteroatoms. The van der Waals surface area contributed by atoms with Crippen LogP contribution in [0.5, 0.6) is 5.75 Å². The van der Waals surface area contributed by atoms with E-state index in [-0.39, 0.29) is 30.2 Å². The summed E-state index contributed by atoms with van der Waals surface area (Å²) in [5.74, 6) is 0.317. The van der Waals surface area contributed by atoms with E-state index in [1.807, 2.05) is 6.92 Å². The molecule has 164 valence electrons. The van der Waals surface area contributed by atoms with E-state index in [0.717, 1.165) is 12.8 Å². The Balaban J connectivity index is 0.00000272. The molecule has 3 N–H and O–H groups in total. The minimum Gasteiger partial charge on any atom is -0.492 e. The predicted octanol–water partition coefficient (Wildman–Crippen LogP) is 4.44. The molecule has 7 nitrogen and oxygen atoms in total. The molecular formula is C22H25ClFN5O2. The molecule has 1 fully saturated rings. The van der Waals surface area contributed by atoms with Gasteiger partial charge in [0.05, 0.1) is 17.7 Å². The van der Waals surface area contributed by atoms with Gasteiger partial charge in [-0.3, -0.25) is 4.79 Å². The molecule has 0 spiro atoms. The van der Waals surface area contributed by atoms with Crippen molar-refractivity contribution in [3.63, 3.8) is 0 Å². The van der Waals surface area contributed by atoms with Crippen molar-refractivity contribution in [3.05, 3.63) is 41.6 Å². The summed E-state index contributed by atoms with van der Waals surface area (Å²) >= 11 is 0. The Morgan fingerprint density at radius 3 is 2.90 bits per heavy atom. The van der Waals surface area contributed by atoms with Crippen LogP contribution in [-0.2, 0) is 0 Å². The minimum atomic E-state index is -0.377. The lowest BCUT2D eigenvalue weighted by molar-refractivity contribution is 0.0942. The van der Waals surface area contributed by atoms with Gasteiger partial charge in [0, 0.05) is 29.8 Å². The van der Waals surface area contributed by atoms with Crippen molar-refractivity contribution in [2.45, 2.75) is 39.2 Å². The van der Waals surface area contributed by atoms with Crippen LogP contribution >= 0.6 is 12.4 Å². The zero-order valence-corrected chi connectivity index (χ0v) is 18.2. The van der Waals surface area contributed by atoms with E-state index in [0.29, 0.717) is 58.2 Å². The standard InChI is InChI=1S/C22H24FN5O2.ClH/c1-12(7-8-24)27-22(29)18-13(2)28-21-19(25-11-26-20(18)21)16-6-5-15(23)9-17(16)30-10-14-3-4-14;/h5-6,8-9,11-12,14,24,28H,3-4,7,10H2,1-2H3,(H,27,29);1H/t12-;/m1./s1. The summed E-state index contributed by atoms with van der Waals surface area (Å²) in [6.45, 7) is 4.19. The van der Waals surface area contributed by atoms with E-state index >= 15 is 0 Å². The van der Waals surface area contributed by atoms with Crippen LogP contribution in [-0.4, -0.2) is 39.7 Å². The lowest BCUT2D eigenvalue weighted by Crippen LogP contribution is -2.33. The second kappa shape index (κ2) is 9.43. The van der Waals surface area contributed by atoms with E-state index in [9.17, 15) is 9.18 Å². The second-order valence-electron chi connectivity index (χ2n) is 7.78. The minimum absolute atomic E-state index is 0. The summed E-state index contributed by atoms with van der Waals surface area (Å²) in [6, 6.07) is 4.21. The number of aromatic nitrogens is 3. The van der Waals surface area contributed by atoms with Gasteiger partial charge in [-0.05, 0) is 51.0 Å². The van der Waals surface area contributed by atoms with E-state index in [4.69, 9.17) is 10.1 Å². The maximum Gasteiger partial charge on any atom is 0.255 e. The van der Waals surface area contributed by atoms with Crippen LogP contribution in [0.4, 0.5) is 4.39 Å². The summed E-state index contributed by atoms with van der Waals surface area (Å²) in [7, 11) is 0. The van der Waals surface area contributed by atoms with Gasteiger partial charge < -0.3 is 20.4 Å². The maximum absolute atomic E-state index is 13.9. The number of aryl methyl sites for hydroxylation is 1. The summed E-state index contributed by atoms with van der Waals surface area (Å²) < 4.78 is 19.8. The SMILES string of the molecule is Cc1[nH]c2c(-c3ccc(F)cc3OCC3CC3)ncnc2c1C(=O)N[C@H](C)CC=N.Cl. The summed E-state index contributed by atoms with van der Waals surface area (Å²) in [6.07, 6.45) is 5.38. The van der Waals surface area contributed by atoms with Gasteiger partial charge in [-0.25, -0.2) is 14.4 Å². The number of ether oxygens (including phenoxy) is 1. The van der Waals surface area contributed by atoms with Crippen LogP contribution in [0.2, 0.25) is 0 Å². The fourth-order valence-corrected chi connectivity index (χ4v) is 3.44. The first-order chi connectivity index (χ1) is 14.5. The largest absolute Gasteiger partial charge is 0.492 e. The summed E-state index contributed by atoms with van der Waals surface area (Å²) in [4.78, 5) is 24.8. The number of rotatable bonds is 8. The van der Waals surface area contributed by atoms with Crippen molar-refractivity contribution >= 4 is 35.6 Å². The highest BCUT2D eigenvalue weighted by Gasteiger charge is 2.25. The zero-order valence-electron chi connectivity index (χ0n) is 17.4. The van der Waals surface area contributed by atoms with Gasteiger partial charge in [0.1, 0.15) is 29.1 Å². The first kappa shape index (κ1) is 22.7. The number of hydrogen-bond acceptors (Lipinski definition) is 5. The van der Waals surface area contributed by atoms with Crippen molar-refractivity contribution < 1.29 is 13.9 Å². The van der Waals surface area contributed by atoms with Gasteiger partial charge in [0.2, 0.25) is 0 Å². The quantitative estimate of drug-likeness (QED) is 0.446. The topological polar surface area (TPSA) is 104 Å². The number of halogens is 2. The van der Waals surface area contributed by atoms with Gasteiger partial charge >= 0.3 is 0 Å². The Morgan fingerprint density at radius 2 is 2.19 bits per heavy atom. The van der Waals surface area contributed by atoms with Crippen molar-refractivity contribution in [2.24, 2.45) is 5.92 Å². The van der Waals surface area contributed by atoms with E-state index in [1.54, 1.807) is 13.0 Å². The van der Waals surface area contributed by atoms with Crippen LogP contribution < -0.4 is 10.1 Å². The fourth-order valence-electron chi connectivity index (χ4n) is 3.44. The predicted molar refractivity (Wildman–Crippen MR) is 120 cm³/mol. The molecule has 2 heterocycles. The van der Waals surface area contributed by atoms with Crippen LogP contribution in [0.25, 0.3) is 22.3 Å². The molecule has 1 saturated carbocycles. The number of nitrogens with one attached hydrogen (secondary N) is 3. The van der Waals surface area contributed by atoms with Crippen LogP contribution in [0.15, 0.2) is 24.5 Å². The molecule has 4 rings (SSSR count). The molecule has 2 aromatic heterocycles. The molecule has 31 heavy (non-hydrogen) atoms. The molecule has 0 radical (unpaired) electrons. The Kier molecular flexibility index (Phi) is 6.90. The van der Waals surface area contributed by atoms with Gasteiger partial charge in [-0.15, -0.1) is 12.4 Å². The average Bonchev–Trinajstić information content (AvgIpc) is 3.46. The zero-order chi connectivity index (χ0) is 21.3. The molecule has 1 aromatic carbocycles. The normalized spacial score (nSPS) is 14.0. The number of nitrogens with zero attached hydrogens (tertiary/aromatic N) is 2. The first-order valence-electron chi connectivity index (χ1n) is 10.0. The van der Waals surface area contributed by atoms with Crippen molar-refractivity contribution in [2.75, 3.05) is 6.61 Å². The number of aromatic amines is 1. The van der Waals surface area contributed by atoms with Crippen LogP contribution in [0, 0.1) is 24.1 Å². The first-order valence-corrected chi connectivity index (χ1v) is 10.0. The van der Waals surface area contributed by atoms with Crippen molar-refractivity contribution in [3.8, 4) is 17.0 Å². The molecule has 0 saturated heterocycles. The molecule has 0 aliphatic heterocycles. The highest BCUT2D eigenvalue weighted by atomic mass is 35.5. The third kappa shape index (κ3) is 4.85. The molecule has 1 aliphatic carbocycles. The molecule has 3 aromatic rings. The maximum atomic E-state index is 13.9. The molecule has 1 aliphatic rings. The van der Waals surface area contributed by atoms with Crippen LogP contribution in [0.1, 0.15) is 42.2 Å². The average molecular weight is 446 g/mol. The van der Waals surface area contributed by atoms with E-state index in [1.165, 1.54) is 24.7 Å². The Morgan fingerprint density at radius 1 is 1.42 bits per heavy atom. The lowest BCUT2D eigenvalue weighted by Gasteiger charge is -2.12. The number of fused-ring (bicyclic) bond motifs is 1. The van der Waals surface area contributed by atoms with Crippen molar-refractivity contribution in [1.82, 2.24) is 20.3 Å². The summed E-state index contributed by atoms with van der Waals surface area (Å²) in [5.41, 5.74) is 3.40. The van der Waals surface area contributed by atoms with E-state index < -0.39 is 0 Å². The number of carbonyl (C=O) groups is 1. The van der Waals surface area contributed by atoms with Gasteiger partial charge in [-0.1, -0.05) is 0 Å². The summed E-state index contributed by atoms with van der Waals surface area (Å²) in [5, 5.41) is 10.1. The van der Waals surface area contributed by atoms with Crippen LogP contribution in [0.3, 0.4) is 0 Å². The number of amides is 1. The highest BCUT2D eigenvalue weighted by Crippen LogP contribution is 2.36. The molecule has 1 atom stereocenters. The molecule has 0 bridgehead atoms. The number of carbonyl (C=O) groups excluding carboxylic acids is 1. The van der Waals surface area contributed by atoms with E-state index in [2.05, 4.69) is 20.3 Å². The fraction of sp³-hybridized carbons (Fsp3) is 0.364. The van der Waals surface area contributed by atoms with Gasteiger partial charge in [-0.2, -0.15) is 0 Å². The third-order valence-corrected chi connectivity index (χ3v) is 5.22. The van der Waals surface area contributed by atoms with Gasteiger partial charge in [0.15, 0.2) is 0 Å². The van der Waals surface area contributed by atoms with Crippen molar-refractivity contribution in [1.29, 1.82) is 5.41 Å². The van der Waals surface area contributed by atoms with Gasteiger partial charge in [0.25, 0.3) is 5.91 Å². The highest BCUT2D eigenvalue weighted by molar-refractivity contribution is 6.09. The third-order valence-electron chi connectivity index (χ3n) is 5.22.